The predicted molar refractivity (Wildman–Crippen MR) is 96.8 cm³/mol. The van der Waals surface area contributed by atoms with E-state index >= 15 is 0 Å². The van der Waals surface area contributed by atoms with Gasteiger partial charge in [0.25, 0.3) is 0 Å². The molecular formula is C19H31NO4. The van der Waals surface area contributed by atoms with Gasteiger partial charge in [0, 0.05) is 24.1 Å². The molecule has 5 heteroatoms. The number of hydrogen-bond acceptors (Lipinski definition) is 5. The molecule has 5 nitrogen and oxygen atoms in total. The SMILES string of the molecule is CC(C)Nc1ccc(OCCOCCOCCC(=O)C(C)C)cc1. The van der Waals surface area contributed by atoms with Gasteiger partial charge >= 0.3 is 0 Å². The van der Waals surface area contributed by atoms with Gasteiger partial charge in [-0.3, -0.25) is 4.79 Å². The summed E-state index contributed by atoms with van der Waals surface area (Å²) in [5, 5.41) is 3.33. The van der Waals surface area contributed by atoms with Crippen LogP contribution in [0.15, 0.2) is 24.3 Å². The van der Waals surface area contributed by atoms with Crippen molar-refractivity contribution < 1.29 is 19.0 Å². The minimum absolute atomic E-state index is 0.0808. The van der Waals surface area contributed by atoms with E-state index in [0.29, 0.717) is 45.5 Å². The number of rotatable bonds is 13. The monoisotopic (exact) mass is 337 g/mol. The number of carbonyl (C=O) groups is 1. The highest BCUT2D eigenvalue weighted by atomic mass is 16.5. The molecule has 0 aliphatic carbocycles. The van der Waals surface area contributed by atoms with E-state index in [1.54, 1.807) is 0 Å². The fourth-order valence-electron chi connectivity index (χ4n) is 1.98. The van der Waals surface area contributed by atoms with Crippen molar-refractivity contribution in [3.63, 3.8) is 0 Å². The Morgan fingerprint density at radius 2 is 1.50 bits per heavy atom. The van der Waals surface area contributed by atoms with Crippen LogP contribution in [0.25, 0.3) is 0 Å². The van der Waals surface area contributed by atoms with Crippen LogP contribution in [0.1, 0.15) is 34.1 Å². The normalized spacial score (nSPS) is 11.1. The van der Waals surface area contributed by atoms with Crippen molar-refractivity contribution in [3.8, 4) is 5.75 Å². The standard InChI is InChI=1S/C19H31NO4/c1-15(2)19(21)9-10-22-11-12-23-13-14-24-18-7-5-17(6-8-18)20-16(3)4/h5-8,15-16,20H,9-14H2,1-4H3. The van der Waals surface area contributed by atoms with Crippen LogP contribution in [-0.4, -0.2) is 44.9 Å². The number of Topliss-reactive ketones (excluding diaryl/α,β-unsaturated/α-hetero) is 1. The second kappa shape index (κ2) is 11.9. The zero-order chi connectivity index (χ0) is 17.8. The third-order valence-electron chi connectivity index (χ3n) is 3.31. The topological polar surface area (TPSA) is 56.8 Å². The molecule has 0 bridgehead atoms. The van der Waals surface area contributed by atoms with Crippen molar-refractivity contribution in [2.24, 2.45) is 5.92 Å². The van der Waals surface area contributed by atoms with Crippen molar-refractivity contribution in [1.82, 2.24) is 0 Å². The Labute approximate surface area is 145 Å². The number of nitrogens with one attached hydrogen (secondary N) is 1. The second-order valence-electron chi connectivity index (χ2n) is 6.27. The van der Waals surface area contributed by atoms with Crippen LogP contribution < -0.4 is 10.1 Å². The molecule has 0 aromatic heterocycles. The van der Waals surface area contributed by atoms with Crippen LogP contribution in [0.2, 0.25) is 0 Å². The van der Waals surface area contributed by atoms with Crippen LogP contribution in [0.3, 0.4) is 0 Å². The van der Waals surface area contributed by atoms with Crippen molar-refractivity contribution in [1.29, 1.82) is 0 Å². The molecule has 0 radical (unpaired) electrons. The Bertz CT molecular complexity index is 457. The summed E-state index contributed by atoms with van der Waals surface area (Å²) >= 11 is 0. The van der Waals surface area contributed by atoms with Gasteiger partial charge in [0.05, 0.1) is 26.4 Å². The minimum atomic E-state index is 0.0808. The molecule has 0 spiro atoms. The van der Waals surface area contributed by atoms with Crippen molar-refractivity contribution in [2.45, 2.75) is 40.2 Å². The molecule has 0 aliphatic rings. The zero-order valence-corrected chi connectivity index (χ0v) is 15.3. The van der Waals surface area contributed by atoms with Crippen LogP contribution in [-0.2, 0) is 14.3 Å². The average molecular weight is 337 g/mol. The number of benzene rings is 1. The van der Waals surface area contributed by atoms with E-state index < -0.39 is 0 Å². The molecule has 136 valence electrons. The first-order chi connectivity index (χ1) is 11.5. The Morgan fingerprint density at radius 1 is 0.917 bits per heavy atom. The summed E-state index contributed by atoms with van der Waals surface area (Å²) in [5.74, 6) is 1.15. The maximum absolute atomic E-state index is 11.4. The molecule has 1 rings (SSSR count). The molecule has 0 aliphatic heterocycles. The van der Waals surface area contributed by atoms with E-state index in [9.17, 15) is 4.79 Å². The van der Waals surface area contributed by atoms with Gasteiger partial charge in [-0.05, 0) is 38.1 Å². The van der Waals surface area contributed by atoms with E-state index in [-0.39, 0.29) is 11.7 Å². The number of carbonyl (C=O) groups excluding carboxylic acids is 1. The molecule has 0 saturated heterocycles. The highest BCUT2D eigenvalue weighted by Crippen LogP contribution is 2.16. The molecule has 0 amide bonds. The van der Waals surface area contributed by atoms with Gasteiger partial charge in [-0.15, -0.1) is 0 Å². The van der Waals surface area contributed by atoms with Crippen molar-refractivity contribution in [3.05, 3.63) is 24.3 Å². The van der Waals surface area contributed by atoms with Gasteiger partial charge in [0.15, 0.2) is 0 Å². The Balaban J connectivity index is 1.99. The van der Waals surface area contributed by atoms with E-state index in [1.807, 2.05) is 38.1 Å². The Morgan fingerprint density at radius 3 is 2.08 bits per heavy atom. The van der Waals surface area contributed by atoms with Crippen molar-refractivity contribution in [2.75, 3.05) is 38.4 Å². The zero-order valence-electron chi connectivity index (χ0n) is 15.3. The second-order valence-corrected chi connectivity index (χ2v) is 6.27. The molecule has 0 unspecified atom stereocenters. The fourth-order valence-corrected chi connectivity index (χ4v) is 1.98. The lowest BCUT2D eigenvalue weighted by Gasteiger charge is -2.11. The van der Waals surface area contributed by atoms with Crippen LogP contribution in [0.5, 0.6) is 5.75 Å². The van der Waals surface area contributed by atoms with E-state index in [2.05, 4.69) is 19.2 Å². The van der Waals surface area contributed by atoms with E-state index in [4.69, 9.17) is 14.2 Å². The molecule has 24 heavy (non-hydrogen) atoms. The smallest absolute Gasteiger partial charge is 0.137 e. The molecule has 1 N–H and O–H groups in total. The first-order valence-corrected chi connectivity index (χ1v) is 8.66. The quantitative estimate of drug-likeness (QED) is 0.558. The molecule has 0 atom stereocenters. The first kappa shape index (κ1) is 20.5. The lowest BCUT2D eigenvalue weighted by molar-refractivity contribution is -0.123. The average Bonchev–Trinajstić information content (AvgIpc) is 2.54. The molecule has 0 heterocycles. The molecule has 0 fully saturated rings. The summed E-state index contributed by atoms with van der Waals surface area (Å²) in [4.78, 5) is 11.4. The fraction of sp³-hybridized carbons (Fsp3) is 0.632. The third-order valence-corrected chi connectivity index (χ3v) is 3.31. The van der Waals surface area contributed by atoms with Crippen LogP contribution in [0, 0.1) is 5.92 Å². The largest absolute Gasteiger partial charge is 0.491 e. The van der Waals surface area contributed by atoms with Gasteiger partial charge in [-0.2, -0.15) is 0 Å². The van der Waals surface area contributed by atoms with Crippen molar-refractivity contribution >= 4 is 11.5 Å². The van der Waals surface area contributed by atoms with E-state index in [0.717, 1.165) is 11.4 Å². The minimum Gasteiger partial charge on any atom is -0.491 e. The van der Waals surface area contributed by atoms with Gasteiger partial charge in [0.1, 0.15) is 18.1 Å². The van der Waals surface area contributed by atoms with Gasteiger partial charge < -0.3 is 19.5 Å². The lowest BCUT2D eigenvalue weighted by atomic mass is 10.1. The first-order valence-electron chi connectivity index (χ1n) is 8.66. The van der Waals surface area contributed by atoms with E-state index in [1.165, 1.54) is 0 Å². The number of hydrogen-bond donors (Lipinski definition) is 1. The predicted octanol–water partition coefficient (Wildman–Crippen LogP) is 3.53. The molecule has 1 aromatic rings. The molecular weight excluding hydrogens is 306 g/mol. The number of ketones is 1. The van der Waals surface area contributed by atoms with Gasteiger partial charge in [-0.1, -0.05) is 13.8 Å². The number of ether oxygens (including phenoxy) is 3. The Kier molecular flexibility index (Phi) is 10.1. The summed E-state index contributed by atoms with van der Waals surface area (Å²) in [7, 11) is 0. The maximum atomic E-state index is 11.4. The lowest BCUT2D eigenvalue weighted by Crippen LogP contribution is -2.14. The summed E-state index contributed by atoms with van der Waals surface area (Å²) < 4.78 is 16.4. The molecule has 1 aromatic carbocycles. The summed E-state index contributed by atoms with van der Waals surface area (Å²) in [5.41, 5.74) is 1.08. The highest BCUT2D eigenvalue weighted by Gasteiger charge is 2.06. The highest BCUT2D eigenvalue weighted by molar-refractivity contribution is 5.80. The number of anilines is 1. The Hall–Kier alpha value is -1.59. The van der Waals surface area contributed by atoms with Crippen LogP contribution >= 0.6 is 0 Å². The maximum Gasteiger partial charge on any atom is 0.137 e. The molecule has 0 saturated carbocycles. The summed E-state index contributed by atoms with van der Waals surface area (Å²) in [6.07, 6.45) is 0.475. The summed E-state index contributed by atoms with van der Waals surface area (Å²) in [6.45, 7) is 10.5. The summed E-state index contributed by atoms with van der Waals surface area (Å²) in [6, 6.07) is 8.31. The van der Waals surface area contributed by atoms with Gasteiger partial charge in [0.2, 0.25) is 0 Å². The third kappa shape index (κ3) is 9.53. The van der Waals surface area contributed by atoms with Gasteiger partial charge in [-0.25, -0.2) is 0 Å². The van der Waals surface area contributed by atoms with Crippen LogP contribution in [0.4, 0.5) is 5.69 Å².